The lowest BCUT2D eigenvalue weighted by atomic mass is 10.0. The molecule has 7 heteroatoms. The number of carbonyl (C=O) groups is 1. The largest absolute Gasteiger partial charge is 0.504 e. The van der Waals surface area contributed by atoms with Crippen LogP contribution in [0.1, 0.15) is 31.9 Å². The van der Waals surface area contributed by atoms with Crippen molar-refractivity contribution in [2.24, 2.45) is 0 Å². The maximum absolute atomic E-state index is 12.3. The first-order chi connectivity index (χ1) is 14.2. The molecular weight excluding hydrogens is 384 g/mol. The molecule has 0 radical (unpaired) electrons. The molecule has 2 atom stereocenters. The van der Waals surface area contributed by atoms with Crippen molar-refractivity contribution in [1.82, 2.24) is 10.6 Å². The number of hydrogen-bond acceptors (Lipinski definition) is 6. The molecule has 0 saturated heterocycles. The number of hydrogen-bond donors (Lipinski definition) is 4. The van der Waals surface area contributed by atoms with Crippen LogP contribution in [0.4, 0.5) is 4.79 Å². The summed E-state index contributed by atoms with van der Waals surface area (Å²) in [5.74, 6) is 0.467. The number of phenols is 1. The third-order valence-corrected chi connectivity index (χ3v) is 4.39. The number of aliphatic hydroxyl groups excluding tert-OH is 1. The number of nitrogens with one attached hydrogen (secondary N) is 2. The Kier molecular flexibility index (Phi) is 8.50. The lowest BCUT2D eigenvalue weighted by Crippen LogP contribution is -2.49. The van der Waals surface area contributed by atoms with Crippen molar-refractivity contribution >= 4 is 6.09 Å². The van der Waals surface area contributed by atoms with Crippen molar-refractivity contribution in [2.45, 2.75) is 51.5 Å². The highest BCUT2D eigenvalue weighted by atomic mass is 16.6. The van der Waals surface area contributed by atoms with E-state index in [1.54, 1.807) is 39.0 Å². The van der Waals surface area contributed by atoms with Crippen LogP contribution in [0.5, 0.6) is 11.5 Å². The Morgan fingerprint density at radius 2 is 1.80 bits per heavy atom. The number of methoxy groups -OCH3 is 1. The molecular formula is C23H32N2O5. The first-order valence-electron chi connectivity index (χ1n) is 9.96. The van der Waals surface area contributed by atoms with Crippen LogP contribution in [0, 0.1) is 0 Å². The van der Waals surface area contributed by atoms with Crippen molar-refractivity contribution in [3.8, 4) is 11.5 Å². The van der Waals surface area contributed by atoms with E-state index in [1.165, 1.54) is 7.11 Å². The molecule has 0 bridgehead atoms. The Balaban J connectivity index is 1.98. The number of ether oxygens (including phenoxy) is 2. The van der Waals surface area contributed by atoms with Gasteiger partial charge in [0, 0.05) is 13.1 Å². The molecule has 2 rings (SSSR count). The number of amides is 1. The zero-order valence-corrected chi connectivity index (χ0v) is 18.0. The van der Waals surface area contributed by atoms with Gasteiger partial charge in [0.1, 0.15) is 5.60 Å². The average Bonchev–Trinajstić information content (AvgIpc) is 2.68. The minimum atomic E-state index is -0.836. The highest BCUT2D eigenvalue weighted by Crippen LogP contribution is 2.26. The van der Waals surface area contributed by atoms with Crippen LogP contribution in [0.25, 0.3) is 0 Å². The van der Waals surface area contributed by atoms with Gasteiger partial charge >= 0.3 is 6.09 Å². The van der Waals surface area contributed by atoms with Crippen LogP contribution >= 0.6 is 0 Å². The Hall–Kier alpha value is -2.77. The Morgan fingerprint density at radius 3 is 2.43 bits per heavy atom. The predicted molar refractivity (Wildman–Crippen MR) is 116 cm³/mol. The molecule has 0 aliphatic heterocycles. The summed E-state index contributed by atoms with van der Waals surface area (Å²) in [6.45, 7) is 6.11. The van der Waals surface area contributed by atoms with Gasteiger partial charge in [-0.1, -0.05) is 36.4 Å². The summed E-state index contributed by atoms with van der Waals surface area (Å²) in [6, 6.07) is 14.2. The van der Waals surface area contributed by atoms with Crippen molar-refractivity contribution in [3.63, 3.8) is 0 Å². The number of phenolic OH excluding ortho intramolecular Hbond substituents is 1. The van der Waals surface area contributed by atoms with Gasteiger partial charge in [0.25, 0.3) is 0 Å². The van der Waals surface area contributed by atoms with E-state index in [1.807, 2.05) is 30.3 Å². The number of benzene rings is 2. The molecule has 1 amide bonds. The van der Waals surface area contributed by atoms with E-state index in [2.05, 4.69) is 10.6 Å². The monoisotopic (exact) mass is 416 g/mol. The second kappa shape index (κ2) is 10.8. The third kappa shape index (κ3) is 7.93. The second-order valence-electron chi connectivity index (χ2n) is 8.15. The van der Waals surface area contributed by atoms with Gasteiger partial charge in [-0.05, 0) is 50.5 Å². The highest BCUT2D eigenvalue weighted by molar-refractivity contribution is 5.68. The summed E-state index contributed by atoms with van der Waals surface area (Å²) in [4.78, 5) is 12.3. The average molecular weight is 417 g/mol. The van der Waals surface area contributed by atoms with Gasteiger partial charge in [0.2, 0.25) is 0 Å². The molecule has 0 aromatic heterocycles. The third-order valence-electron chi connectivity index (χ3n) is 4.39. The van der Waals surface area contributed by atoms with E-state index in [9.17, 15) is 15.0 Å². The van der Waals surface area contributed by atoms with Crippen LogP contribution in [0.3, 0.4) is 0 Å². The number of aromatic hydroxyl groups is 1. The maximum atomic E-state index is 12.3. The highest BCUT2D eigenvalue weighted by Gasteiger charge is 2.24. The zero-order chi connectivity index (χ0) is 22.1. The summed E-state index contributed by atoms with van der Waals surface area (Å²) < 4.78 is 10.5. The van der Waals surface area contributed by atoms with E-state index in [-0.39, 0.29) is 12.3 Å². The molecule has 0 saturated carbocycles. The van der Waals surface area contributed by atoms with Crippen LogP contribution in [-0.2, 0) is 17.7 Å². The van der Waals surface area contributed by atoms with Crippen LogP contribution in [0.2, 0.25) is 0 Å². The van der Waals surface area contributed by atoms with Gasteiger partial charge < -0.3 is 30.3 Å². The molecule has 30 heavy (non-hydrogen) atoms. The number of carbonyl (C=O) groups excluding carboxylic acids is 1. The van der Waals surface area contributed by atoms with Crippen molar-refractivity contribution < 1.29 is 24.5 Å². The van der Waals surface area contributed by atoms with E-state index >= 15 is 0 Å². The molecule has 0 fully saturated rings. The summed E-state index contributed by atoms with van der Waals surface area (Å²) in [6.07, 6.45) is -0.932. The van der Waals surface area contributed by atoms with E-state index < -0.39 is 23.8 Å². The predicted octanol–water partition coefficient (Wildman–Crippen LogP) is 2.99. The van der Waals surface area contributed by atoms with Crippen molar-refractivity contribution in [2.75, 3.05) is 13.7 Å². The van der Waals surface area contributed by atoms with Gasteiger partial charge in [0.05, 0.1) is 19.3 Å². The summed E-state index contributed by atoms with van der Waals surface area (Å²) in [7, 11) is 1.49. The normalized spacial score (nSPS) is 13.4. The fourth-order valence-corrected chi connectivity index (χ4v) is 2.95. The van der Waals surface area contributed by atoms with E-state index in [0.717, 1.165) is 11.1 Å². The Labute approximate surface area is 178 Å². The number of alkyl carbamates (subject to hydrolysis) is 1. The van der Waals surface area contributed by atoms with Crippen LogP contribution in [-0.4, -0.2) is 47.7 Å². The minimum Gasteiger partial charge on any atom is -0.504 e. The van der Waals surface area contributed by atoms with Crippen LogP contribution < -0.4 is 15.4 Å². The van der Waals surface area contributed by atoms with E-state index in [4.69, 9.17) is 9.47 Å². The van der Waals surface area contributed by atoms with E-state index in [0.29, 0.717) is 18.7 Å². The molecule has 4 N–H and O–H groups in total. The first kappa shape index (κ1) is 23.5. The molecule has 0 aliphatic rings. The van der Waals surface area contributed by atoms with Gasteiger partial charge in [0.15, 0.2) is 11.5 Å². The topological polar surface area (TPSA) is 100 Å². The lowest BCUT2D eigenvalue weighted by molar-refractivity contribution is 0.0422. The molecule has 2 aromatic rings. The molecule has 2 aromatic carbocycles. The quantitative estimate of drug-likeness (QED) is 0.502. The molecule has 0 heterocycles. The Morgan fingerprint density at radius 1 is 1.10 bits per heavy atom. The second-order valence-corrected chi connectivity index (χ2v) is 8.15. The SMILES string of the molecule is COc1cc(CNC[C@@H](O)[C@H](Cc2ccccc2)NC(=O)OC(C)(C)C)ccc1O. The van der Waals surface area contributed by atoms with Gasteiger partial charge in [-0.3, -0.25) is 0 Å². The van der Waals surface area contributed by atoms with Crippen LogP contribution in [0.15, 0.2) is 48.5 Å². The first-order valence-corrected chi connectivity index (χ1v) is 9.96. The van der Waals surface area contributed by atoms with Crippen molar-refractivity contribution in [3.05, 3.63) is 59.7 Å². The molecule has 0 spiro atoms. The standard InChI is InChI=1S/C23H32N2O5/c1-23(2,3)30-22(28)25-18(12-16-8-6-5-7-9-16)20(27)15-24-14-17-10-11-19(26)21(13-17)29-4/h5-11,13,18,20,24,26-27H,12,14-15H2,1-4H3,(H,25,28)/t18-,20+/m0/s1. The molecule has 0 aliphatic carbocycles. The summed E-state index contributed by atoms with van der Waals surface area (Å²) >= 11 is 0. The summed E-state index contributed by atoms with van der Waals surface area (Å²) in [5.41, 5.74) is 1.28. The minimum absolute atomic E-state index is 0.0748. The molecule has 0 unspecified atom stereocenters. The van der Waals surface area contributed by atoms with Gasteiger partial charge in [-0.2, -0.15) is 0 Å². The fourth-order valence-electron chi connectivity index (χ4n) is 2.95. The van der Waals surface area contributed by atoms with Crippen molar-refractivity contribution in [1.29, 1.82) is 0 Å². The number of rotatable bonds is 9. The maximum Gasteiger partial charge on any atom is 0.407 e. The van der Waals surface area contributed by atoms with Gasteiger partial charge in [-0.15, -0.1) is 0 Å². The summed E-state index contributed by atoms with van der Waals surface area (Å²) in [5, 5.41) is 26.4. The zero-order valence-electron chi connectivity index (χ0n) is 18.0. The van der Waals surface area contributed by atoms with Gasteiger partial charge in [-0.25, -0.2) is 4.79 Å². The molecule has 7 nitrogen and oxygen atoms in total. The fraction of sp³-hybridized carbons (Fsp3) is 0.435. The lowest BCUT2D eigenvalue weighted by Gasteiger charge is -2.27. The smallest absolute Gasteiger partial charge is 0.407 e. The number of aliphatic hydroxyl groups is 1. The molecule has 164 valence electrons. The Bertz CT molecular complexity index is 805.